The highest BCUT2D eigenvalue weighted by atomic mass is 32.2. The van der Waals surface area contributed by atoms with Crippen LogP contribution in [0.4, 0.5) is 0 Å². The number of nitrogens with one attached hydrogen (secondary N) is 1. The van der Waals surface area contributed by atoms with Gasteiger partial charge in [0.2, 0.25) is 15.9 Å². The summed E-state index contributed by atoms with van der Waals surface area (Å²) in [6.07, 6.45) is 7.29. The van der Waals surface area contributed by atoms with E-state index in [2.05, 4.69) is 27.2 Å². The van der Waals surface area contributed by atoms with Gasteiger partial charge in [-0.25, -0.2) is 18.1 Å². The molecule has 1 N–H and O–H groups in total. The highest BCUT2D eigenvalue weighted by molar-refractivity contribution is 7.89. The standard InChI is InChI=1S/C28H36N4O4S/c1-5-28-11-6-13-31-14-10-22-21-9-8-20(37(33,34)29-12-7-15-35-4)16-23(21)32(25(22)26(28)31)24(17-28)27-30-18(2)19(3)36-27/h8-9,16-17,26,29H,5-7,10-15H2,1-4H3/t26-,28+/m1/s1. The lowest BCUT2D eigenvalue weighted by atomic mass is 9.66. The first-order chi connectivity index (χ1) is 17.8. The fraction of sp³-hybridized carbons (Fsp3) is 0.536. The van der Waals surface area contributed by atoms with Crippen molar-refractivity contribution in [2.75, 3.05) is 33.4 Å². The number of fused-ring (bicyclic) bond motifs is 3. The SMILES string of the molecule is CC[C@@]12C=C(c3nc(C)c(C)o3)n3c4c(c5ccc(S(=O)(=O)NCCCOC)cc53)CCN(CCC1)[C@H]42. The van der Waals surface area contributed by atoms with Gasteiger partial charge in [-0.15, -0.1) is 0 Å². The third-order valence-corrected chi connectivity index (χ3v) is 10.1. The van der Waals surface area contributed by atoms with E-state index in [-0.39, 0.29) is 16.4 Å². The summed E-state index contributed by atoms with van der Waals surface area (Å²) in [4.78, 5) is 7.72. The molecule has 0 aliphatic carbocycles. The summed E-state index contributed by atoms with van der Waals surface area (Å²) in [6.45, 7) is 9.17. The van der Waals surface area contributed by atoms with Gasteiger partial charge in [0.05, 0.1) is 22.1 Å². The number of rotatable bonds is 8. The fourth-order valence-electron chi connectivity index (χ4n) is 6.72. The average Bonchev–Trinajstić information content (AvgIpc) is 3.42. The zero-order valence-corrected chi connectivity index (χ0v) is 23.0. The molecule has 198 valence electrons. The van der Waals surface area contributed by atoms with Gasteiger partial charge in [-0.05, 0) is 76.3 Å². The first kappa shape index (κ1) is 24.9. The molecule has 3 aromatic rings. The van der Waals surface area contributed by atoms with Crippen LogP contribution in [0.5, 0.6) is 0 Å². The summed E-state index contributed by atoms with van der Waals surface area (Å²) in [5, 5.41) is 1.12. The number of oxazole rings is 1. The third-order valence-electron chi connectivity index (χ3n) is 8.69. The van der Waals surface area contributed by atoms with Crippen molar-refractivity contribution in [1.29, 1.82) is 0 Å². The molecular formula is C28H36N4O4S. The van der Waals surface area contributed by atoms with Gasteiger partial charge in [0, 0.05) is 43.3 Å². The monoisotopic (exact) mass is 524 g/mol. The number of aromatic nitrogens is 2. The maximum Gasteiger partial charge on any atom is 0.243 e. The Morgan fingerprint density at radius 3 is 2.84 bits per heavy atom. The van der Waals surface area contributed by atoms with Crippen LogP contribution in [0.15, 0.2) is 33.6 Å². The molecule has 1 saturated heterocycles. The predicted molar refractivity (Wildman–Crippen MR) is 143 cm³/mol. The van der Waals surface area contributed by atoms with Crippen molar-refractivity contribution in [2.24, 2.45) is 5.41 Å². The van der Waals surface area contributed by atoms with Crippen molar-refractivity contribution in [3.8, 4) is 0 Å². The first-order valence-corrected chi connectivity index (χ1v) is 14.9. The molecule has 9 heteroatoms. The van der Waals surface area contributed by atoms with E-state index >= 15 is 0 Å². The predicted octanol–water partition coefficient (Wildman–Crippen LogP) is 4.55. The second-order valence-electron chi connectivity index (χ2n) is 10.7. The van der Waals surface area contributed by atoms with Gasteiger partial charge in [-0.2, -0.15) is 0 Å². The lowest BCUT2D eigenvalue weighted by molar-refractivity contribution is 0.0269. The average molecular weight is 525 g/mol. The third kappa shape index (κ3) is 3.81. The number of benzene rings is 1. The molecule has 0 bridgehead atoms. The maximum atomic E-state index is 13.2. The van der Waals surface area contributed by atoms with Crippen molar-refractivity contribution >= 4 is 26.6 Å². The summed E-state index contributed by atoms with van der Waals surface area (Å²) in [5.41, 5.74) is 5.34. The Balaban J connectivity index is 1.57. The van der Waals surface area contributed by atoms with E-state index in [1.807, 2.05) is 26.0 Å². The lowest BCUT2D eigenvalue weighted by Crippen LogP contribution is -2.50. The van der Waals surface area contributed by atoms with E-state index in [1.165, 1.54) is 17.7 Å². The Morgan fingerprint density at radius 1 is 1.27 bits per heavy atom. The molecule has 8 nitrogen and oxygen atoms in total. The largest absolute Gasteiger partial charge is 0.440 e. The van der Waals surface area contributed by atoms with E-state index < -0.39 is 10.0 Å². The molecule has 0 amide bonds. The molecular weight excluding hydrogens is 488 g/mol. The van der Waals surface area contributed by atoms with Crippen LogP contribution in [0.1, 0.15) is 67.3 Å². The van der Waals surface area contributed by atoms with Crippen molar-refractivity contribution in [3.63, 3.8) is 0 Å². The second-order valence-corrected chi connectivity index (χ2v) is 12.5. The van der Waals surface area contributed by atoms with Crippen LogP contribution in [-0.2, 0) is 21.2 Å². The smallest absolute Gasteiger partial charge is 0.243 e. The number of hydrogen-bond donors (Lipinski definition) is 1. The first-order valence-electron chi connectivity index (χ1n) is 13.4. The van der Waals surface area contributed by atoms with Gasteiger partial charge in [0.1, 0.15) is 11.5 Å². The van der Waals surface area contributed by atoms with Crippen molar-refractivity contribution in [3.05, 3.63) is 52.9 Å². The van der Waals surface area contributed by atoms with Crippen molar-refractivity contribution in [1.82, 2.24) is 19.2 Å². The number of ether oxygens (including phenoxy) is 1. The van der Waals surface area contributed by atoms with E-state index in [9.17, 15) is 8.42 Å². The van der Waals surface area contributed by atoms with Gasteiger partial charge >= 0.3 is 0 Å². The normalized spacial score (nSPS) is 23.4. The number of hydrogen-bond acceptors (Lipinski definition) is 6. The van der Waals surface area contributed by atoms with Crippen LogP contribution in [0.25, 0.3) is 16.6 Å². The second kappa shape index (κ2) is 9.08. The highest BCUT2D eigenvalue weighted by Gasteiger charge is 2.51. The molecule has 0 saturated carbocycles. The van der Waals surface area contributed by atoms with Gasteiger partial charge in [0.15, 0.2) is 0 Å². The molecule has 3 aliphatic heterocycles. The highest BCUT2D eigenvalue weighted by Crippen LogP contribution is 2.57. The van der Waals surface area contributed by atoms with Gasteiger partial charge in [0.25, 0.3) is 0 Å². The molecule has 0 unspecified atom stereocenters. The van der Waals surface area contributed by atoms with E-state index in [0.29, 0.717) is 25.5 Å². The molecule has 2 atom stereocenters. The minimum atomic E-state index is -3.66. The Labute approximate surface area is 218 Å². The minimum Gasteiger partial charge on any atom is -0.440 e. The van der Waals surface area contributed by atoms with Gasteiger partial charge in [-0.1, -0.05) is 13.0 Å². The number of sulfonamides is 1. The quantitative estimate of drug-likeness (QED) is 0.435. The number of nitrogens with zero attached hydrogens (tertiary/aromatic N) is 3. The lowest BCUT2D eigenvalue weighted by Gasteiger charge is -2.53. The van der Waals surface area contributed by atoms with Crippen LogP contribution in [0, 0.1) is 19.3 Å². The summed E-state index contributed by atoms with van der Waals surface area (Å²) >= 11 is 0. The van der Waals surface area contributed by atoms with Crippen LogP contribution in [0.3, 0.4) is 0 Å². The number of piperidine rings is 1. The molecule has 6 rings (SSSR count). The molecule has 1 aromatic carbocycles. The Bertz CT molecular complexity index is 1480. The van der Waals surface area contributed by atoms with Crippen LogP contribution < -0.4 is 4.72 Å². The van der Waals surface area contributed by atoms with Crippen LogP contribution >= 0.6 is 0 Å². The summed E-state index contributed by atoms with van der Waals surface area (Å²) in [5.74, 6) is 1.41. The molecule has 2 aromatic heterocycles. The molecule has 0 radical (unpaired) electrons. The Kier molecular flexibility index (Phi) is 6.10. The summed E-state index contributed by atoms with van der Waals surface area (Å²) in [7, 11) is -2.04. The molecule has 0 spiro atoms. The summed E-state index contributed by atoms with van der Waals surface area (Å²) in [6, 6.07) is 5.84. The van der Waals surface area contributed by atoms with E-state index in [1.54, 1.807) is 13.2 Å². The maximum absolute atomic E-state index is 13.2. The van der Waals surface area contributed by atoms with Crippen molar-refractivity contribution < 1.29 is 17.6 Å². The minimum absolute atomic E-state index is 0.00121. The summed E-state index contributed by atoms with van der Waals surface area (Å²) < 4.78 is 42.7. The zero-order chi connectivity index (χ0) is 25.9. The van der Waals surface area contributed by atoms with Crippen molar-refractivity contribution in [2.45, 2.75) is 63.8 Å². The topological polar surface area (TPSA) is 89.6 Å². The van der Waals surface area contributed by atoms with E-state index in [4.69, 9.17) is 14.1 Å². The number of methoxy groups -OCH3 is 1. The number of aryl methyl sites for hydroxylation is 2. The zero-order valence-electron chi connectivity index (χ0n) is 22.1. The fourth-order valence-corrected chi connectivity index (χ4v) is 7.81. The molecule has 5 heterocycles. The molecule has 3 aliphatic rings. The van der Waals surface area contributed by atoms with E-state index in [0.717, 1.165) is 60.4 Å². The Hall–Kier alpha value is -2.46. The molecule has 1 fully saturated rings. The molecule has 37 heavy (non-hydrogen) atoms. The van der Waals surface area contributed by atoms with Gasteiger partial charge in [-0.3, -0.25) is 4.90 Å². The Morgan fingerprint density at radius 2 is 2.11 bits per heavy atom. The van der Waals surface area contributed by atoms with Crippen LogP contribution in [0.2, 0.25) is 0 Å². The van der Waals surface area contributed by atoms with Gasteiger partial charge < -0.3 is 13.7 Å². The van der Waals surface area contributed by atoms with Crippen LogP contribution in [-0.4, -0.2) is 56.2 Å².